The summed E-state index contributed by atoms with van der Waals surface area (Å²) in [6, 6.07) is 12.6. The molecule has 3 N–H and O–H groups in total. The van der Waals surface area contributed by atoms with Crippen molar-refractivity contribution in [2.24, 2.45) is 0 Å². The van der Waals surface area contributed by atoms with Crippen LogP contribution < -0.4 is 10.6 Å². The average Bonchev–Trinajstić information content (AvgIpc) is 2.69. The molecule has 2 aromatic carbocycles. The van der Waals surface area contributed by atoms with Crippen LogP contribution >= 0.6 is 0 Å². The predicted molar refractivity (Wildman–Crippen MR) is 102 cm³/mol. The Hall–Kier alpha value is -3.30. The van der Waals surface area contributed by atoms with Gasteiger partial charge in [0.2, 0.25) is 0 Å². The number of carbonyl (C=O) groups is 2. The number of hydrogen-bond donors (Lipinski definition) is 3. The first-order valence-electron chi connectivity index (χ1n) is 8.53. The van der Waals surface area contributed by atoms with Gasteiger partial charge < -0.3 is 20.5 Å². The fraction of sp³-hybridized carbons (Fsp3) is 0.263. The number of nitro groups is 1. The third-order valence-corrected chi connectivity index (χ3v) is 3.85. The van der Waals surface area contributed by atoms with Crippen LogP contribution in [-0.4, -0.2) is 41.6 Å². The Labute approximate surface area is 161 Å². The van der Waals surface area contributed by atoms with Crippen molar-refractivity contribution in [3.05, 3.63) is 69.8 Å². The molecule has 0 aliphatic heterocycles. The second-order valence-electron chi connectivity index (χ2n) is 5.96. The van der Waals surface area contributed by atoms with Crippen molar-refractivity contribution < 1.29 is 24.4 Å². The fourth-order valence-corrected chi connectivity index (χ4v) is 2.37. The molecule has 0 spiro atoms. The van der Waals surface area contributed by atoms with E-state index in [1.807, 2.05) is 31.2 Å². The number of non-ortho nitro benzene ring substituents is 1. The van der Waals surface area contributed by atoms with Crippen LogP contribution in [-0.2, 0) is 14.3 Å². The zero-order valence-electron chi connectivity index (χ0n) is 15.3. The number of aliphatic hydroxyl groups excluding tert-OH is 1. The zero-order valence-corrected chi connectivity index (χ0v) is 15.3. The SMILES string of the molecule is Cc1ccc(C(CNC(=O)C(=O)Nc2ccc([N+](=O)[O-])cc2)OCCO)cc1. The maximum atomic E-state index is 12.0. The summed E-state index contributed by atoms with van der Waals surface area (Å²) in [6.07, 6.45) is -0.524. The lowest BCUT2D eigenvalue weighted by Crippen LogP contribution is -2.38. The third kappa shape index (κ3) is 6.15. The number of aliphatic hydroxyl groups is 1. The highest BCUT2D eigenvalue weighted by Crippen LogP contribution is 2.18. The van der Waals surface area contributed by atoms with E-state index >= 15 is 0 Å². The molecule has 0 bridgehead atoms. The summed E-state index contributed by atoms with van der Waals surface area (Å²) < 4.78 is 5.54. The van der Waals surface area contributed by atoms with Gasteiger partial charge in [-0.3, -0.25) is 19.7 Å². The van der Waals surface area contributed by atoms with Crippen LogP contribution in [0.15, 0.2) is 48.5 Å². The van der Waals surface area contributed by atoms with Gasteiger partial charge in [-0.05, 0) is 24.6 Å². The number of ether oxygens (including phenoxy) is 1. The molecule has 2 amide bonds. The average molecular weight is 387 g/mol. The number of nitrogens with zero attached hydrogens (tertiary/aromatic N) is 1. The molecule has 0 aliphatic carbocycles. The fourth-order valence-electron chi connectivity index (χ4n) is 2.37. The van der Waals surface area contributed by atoms with E-state index in [0.29, 0.717) is 0 Å². The van der Waals surface area contributed by atoms with Crippen molar-refractivity contribution in [2.45, 2.75) is 13.0 Å². The minimum absolute atomic E-state index is 0.0373. The highest BCUT2D eigenvalue weighted by molar-refractivity contribution is 6.39. The molecule has 1 unspecified atom stereocenters. The Bertz CT molecular complexity index is 821. The molecule has 0 heterocycles. The zero-order chi connectivity index (χ0) is 20.5. The van der Waals surface area contributed by atoms with Crippen molar-refractivity contribution in [3.63, 3.8) is 0 Å². The van der Waals surface area contributed by atoms with Gasteiger partial charge in [-0.1, -0.05) is 29.8 Å². The summed E-state index contributed by atoms with van der Waals surface area (Å²) in [5.41, 5.74) is 2.01. The first kappa shape index (κ1) is 21.0. The number of carbonyl (C=O) groups excluding carboxylic acids is 2. The van der Waals surface area contributed by atoms with Gasteiger partial charge in [0, 0.05) is 24.4 Å². The lowest BCUT2D eigenvalue weighted by molar-refractivity contribution is -0.384. The van der Waals surface area contributed by atoms with E-state index < -0.39 is 22.8 Å². The molecule has 0 aliphatic rings. The van der Waals surface area contributed by atoms with Crippen LogP contribution in [0, 0.1) is 17.0 Å². The highest BCUT2D eigenvalue weighted by atomic mass is 16.6. The first-order valence-corrected chi connectivity index (χ1v) is 8.53. The van der Waals surface area contributed by atoms with E-state index in [1.165, 1.54) is 24.3 Å². The lowest BCUT2D eigenvalue weighted by atomic mass is 10.1. The number of aryl methyl sites for hydroxylation is 1. The van der Waals surface area contributed by atoms with Crippen LogP contribution in [0.25, 0.3) is 0 Å². The van der Waals surface area contributed by atoms with E-state index in [1.54, 1.807) is 0 Å². The molecule has 2 rings (SSSR count). The monoisotopic (exact) mass is 387 g/mol. The quantitative estimate of drug-likeness (QED) is 0.359. The largest absolute Gasteiger partial charge is 0.394 e. The van der Waals surface area contributed by atoms with Crippen LogP contribution in [0.1, 0.15) is 17.2 Å². The second kappa shape index (κ2) is 10.1. The number of anilines is 1. The van der Waals surface area contributed by atoms with Gasteiger partial charge in [0.15, 0.2) is 0 Å². The Morgan fingerprint density at radius 1 is 1.11 bits per heavy atom. The maximum Gasteiger partial charge on any atom is 0.313 e. The lowest BCUT2D eigenvalue weighted by Gasteiger charge is -2.18. The van der Waals surface area contributed by atoms with E-state index in [0.717, 1.165) is 11.1 Å². The van der Waals surface area contributed by atoms with Crippen molar-refractivity contribution >= 4 is 23.2 Å². The highest BCUT2D eigenvalue weighted by Gasteiger charge is 2.18. The summed E-state index contributed by atoms with van der Waals surface area (Å²) in [7, 11) is 0. The van der Waals surface area contributed by atoms with Crippen molar-refractivity contribution in [1.29, 1.82) is 0 Å². The topological polar surface area (TPSA) is 131 Å². The molecule has 0 saturated carbocycles. The number of nitro benzene ring substituents is 1. The van der Waals surface area contributed by atoms with E-state index in [4.69, 9.17) is 9.84 Å². The molecule has 2 aromatic rings. The Morgan fingerprint density at radius 3 is 2.32 bits per heavy atom. The van der Waals surface area contributed by atoms with Gasteiger partial charge in [-0.15, -0.1) is 0 Å². The third-order valence-electron chi connectivity index (χ3n) is 3.85. The molecule has 0 aromatic heterocycles. The molecule has 28 heavy (non-hydrogen) atoms. The standard InChI is InChI=1S/C19H21N3O6/c1-13-2-4-14(5-3-13)17(28-11-10-23)12-20-18(24)19(25)21-15-6-8-16(9-7-15)22(26)27/h2-9,17,23H,10-12H2,1H3,(H,20,24)(H,21,25). The Morgan fingerprint density at radius 2 is 1.75 bits per heavy atom. The first-order chi connectivity index (χ1) is 13.4. The normalized spacial score (nSPS) is 11.5. The number of amides is 2. The number of nitrogens with one attached hydrogen (secondary N) is 2. The summed E-state index contributed by atoms with van der Waals surface area (Å²) in [4.78, 5) is 34.1. The van der Waals surface area contributed by atoms with Gasteiger partial charge in [-0.25, -0.2) is 0 Å². The van der Waals surface area contributed by atoms with E-state index in [9.17, 15) is 19.7 Å². The number of hydrogen-bond acceptors (Lipinski definition) is 6. The maximum absolute atomic E-state index is 12.0. The van der Waals surface area contributed by atoms with Gasteiger partial charge >= 0.3 is 11.8 Å². The molecule has 9 nitrogen and oxygen atoms in total. The molecule has 0 fully saturated rings. The molecule has 148 valence electrons. The molecule has 9 heteroatoms. The predicted octanol–water partition coefficient (Wildman–Crippen LogP) is 1.71. The van der Waals surface area contributed by atoms with Gasteiger partial charge in [0.25, 0.3) is 5.69 Å². The van der Waals surface area contributed by atoms with E-state index in [2.05, 4.69) is 10.6 Å². The summed E-state index contributed by atoms with van der Waals surface area (Å²) in [5.74, 6) is -1.78. The van der Waals surface area contributed by atoms with Crippen LogP contribution in [0.3, 0.4) is 0 Å². The molecular weight excluding hydrogens is 366 g/mol. The van der Waals surface area contributed by atoms with Gasteiger partial charge in [0.05, 0.1) is 24.2 Å². The number of benzene rings is 2. The molecular formula is C19H21N3O6. The molecule has 0 saturated heterocycles. The van der Waals surface area contributed by atoms with Crippen LogP contribution in [0.4, 0.5) is 11.4 Å². The minimum atomic E-state index is -0.904. The minimum Gasteiger partial charge on any atom is -0.394 e. The smallest absolute Gasteiger partial charge is 0.313 e. The van der Waals surface area contributed by atoms with Crippen molar-refractivity contribution in [3.8, 4) is 0 Å². The summed E-state index contributed by atoms with van der Waals surface area (Å²) in [5, 5.41) is 24.5. The van der Waals surface area contributed by atoms with Crippen LogP contribution in [0.5, 0.6) is 0 Å². The second-order valence-corrected chi connectivity index (χ2v) is 5.96. The summed E-state index contributed by atoms with van der Waals surface area (Å²) in [6.45, 7) is 1.90. The van der Waals surface area contributed by atoms with Crippen molar-refractivity contribution in [1.82, 2.24) is 5.32 Å². The van der Waals surface area contributed by atoms with E-state index in [-0.39, 0.29) is 31.1 Å². The van der Waals surface area contributed by atoms with Gasteiger partial charge in [-0.2, -0.15) is 0 Å². The van der Waals surface area contributed by atoms with Crippen molar-refractivity contribution in [2.75, 3.05) is 25.1 Å². The Kier molecular flexibility index (Phi) is 7.61. The summed E-state index contributed by atoms with van der Waals surface area (Å²) >= 11 is 0. The van der Waals surface area contributed by atoms with Crippen LogP contribution in [0.2, 0.25) is 0 Å². The molecule has 1 atom stereocenters. The van der Waals surface area contributed by atoms with Gasteiger partial charge in [0.1, 0.15) is 0 Å². The Balaban J connectivity index is 1.94. The molecule has 0 radical (unpaired) electrons. The number of rotatable bonds is 8.